The fourth-order valence-electron chi connectivity index (χ4n) is 2.26. The molecule has 0 saturated heterocycles. The third-order valence-electron chi connectivity index (χ3n) is 3.35. The van der Waals surface area contributed by atoms with Crippen molar-refractivity contribution in [1.82, 2.24) is 4.98 Å². The standard InChI is InChI=1S/C20H18FNOS/c1-14(2)23-19-6-4-3-5-16(19)9-12-20-22-18(13-24-20)15-7-10-17(21)11-8-15/h3-14H,1-2H3/b12-9+. The van der Waals surface area contributed by atoms with Crippen molar-refractivity contribution in [2.45, 2.75) is 20.0 Å². The summed E-state index contributed by atoms with van der Waals surface area (Å²) >= 11 is 1.56. The summed E-state index contributed by atoms with van der Waals surface area (Å²) in [5.41, 5.74) is 2.78. The van der Waals surface area contributed by atoms with E-state index in [1.165, 1.54) is 12.1 Å². The van der Waals surface area contributed by atoms with E-state index in [-0.39, 0.29) is 11.9 Å². The van der Waals surface area contributed by atoms with Crippen LogP contribution in [0.2, 0.25) is 0 Å². The molecular weight excluding hydrogens is 321 g/mol. The quantitative estimate of drug-likeness (QED) is 0.577. The molecule has 122 valence electrons. The zero-order chi connectivity index (χ0) is 16.9. The highest BCUT2D eigenvalue weighted by Gasteiger charge is 2.05. The van der Waals surface area contributed by atoms with Crippen LogP contribution >= 0.6 is 11.3 Å². The van der Waals surface area contributed by atoms with Crippen molar-refractivity contribution < 1.29 is 9.13 Å². The largest absolute Gasteiger partial charge is 0.490 e. The Morgan fingerprint density at radius 3 is 2.54 bits per heavy atom. The smallest absolute Gasteiger partial charge is 0.126 e. The van der Waals surface area contributed by atoms with Gasteiger partial charge >= 0.3 is 0 Å². The van der Waals surface area contributed by atoms with Crippen LogP contribution in [0.3, 0.4) is 0 Å². The number of thiazole rings is 1. The fraction of sp³-hybridized carbons (Fsp3) is 0.150. The predicted molar refractivity (Wildman–Crippen MR) is 98.6 cm³/mol. The van der Waals surface area contributed by atoms with Crippen LogP contribution in [0, 0.1) is 5.82 Å². The summed E-state index contributed by atoms with van der Waals surface area (Å²) in [5.74, 6) is 0.620. The molecule has 0 bridgehead atoms. The minimum absolute atomic E-state index is 0.129. The number of ether oxygens (including phenoxy) is 1. The van der Waals surface area contributed by atoms with Crippen molar-refractivity contribution in [3.8, 4) is 17.0 Å². The monoisotopic (exact) mass is 339 g/mol. The molecule has 0 spiro atoms. The van der Waals surface area contributed by atoms with Gasteiger partial charge in [0.2, 0.25) is 0 Å². The zero-order valence-corrected chi connectivity index (χ0v) is 14.4. The lowest BCUT2D eigenvalue weighted by Crippen LogP contribution is -2.06. The van der Waals surface area contributed by atoms with E-state index >= 15 is 0 Å². The Kier molecular flexibility index (Phi) is 5.06. The number of halogens is 1. The molecule has 1 heterocycles. The summed E-state index contributed by atoms with van der Waals surface area (Å²) in [6.45, 7) is 4.02. The third-order valence-corrected chi connectivity index (χ3v) is 4.16. The van der Waals surface area contributed by atoms with E-state index in [0.717, 1.165) is 27.6 Å². The molecule has 0 aliphatic carbocycles. The molecule has 0 N–H and O–H groups in total. The van der Waals surface area contributed by atoms with Crippen molar-refractivity contribution in [2.75, 3.05) is 0 Å². The Balaban J connectivity index is 1.80. The summed E-state index contributed by atoms with van der Waals surface area (Å²) in [4.78, 5) is 4.58. The topological polar surface area (TPSA) is 22.1 Å². The van der Waals surface area contributed by atoms with Gasteiger partial charge in [-0.2, -0.15) is 0 Å². The lowest BCUT2D eigenvalue weighted by atomic mass is 10.2. The fourth-order valence-corrected chi connectivity index (χ4v) is 2.98. The second-order valence-electron chi connectivity index (χ2n) is 5.62. The van der Waals surface area contributed by atoms with E-state index in [4.69, 9.17) is 4.74 Å². The third kappa shape index (κ3) is 4.09. The van der Waals surface area contributed by atoms with Crippen LogP contribution in [0.25, 0.3) is 23.4 Å². The molecular formula is C20H18FNOS. The molecule has 24 heavy (non-hydrogen) atoms. The molecule has 0 amide bonds. The van der Waals surface area contributed by atoms with Crippen molar-refractivity contribution in [3.05, 3.63) is 70.3 Å². The van der Waals surface area contributed by atoms with Gasteiger partial charge in [-0.25, -0.2) is 9.37 Å². The molecule has 4 heteroatoms. The summed E-state index contributed by atoms with van der Waals surface area (Å²) in [7, 11) is 0. The van der Waals surface area contributed by atoms with E-state index in [2.05, 4.69) is 4.98 Å². The second-order valence-corrected chi connectivity index (χ2v) is 6.51. The van der Waals surface area contributed by atoms with Gasteiger partial charge in [-0.1, -0.05) is 18.2 Å². The minimum Gasteiger partial charge on any atom is -0.490 e. The first-order valence-electron chi connectivity index (χ1n) is 7.77. The normalized spacial score (nSPS) is 11.3. The van der Waals surface area contributed by atoms with Crippen LogP contribution in [0.1, 0.15) is 24.4 Å². The average molecular weight is 339 g/mol. The number of nitrogens with zero attached hydrogens (tertiary/aromatic N) is 1. The van der Waals surface area contributed by atoms with E-state index in [0.29, 0.717) is 0 Å². The lowest BCUT2D eigenvalue weighted by Gasteiger charge is -2.11. The Labute approximate surface area is 145 Å². The van der Waals surface area contributed by atoms with Crippen molar-refractivity contribution >= 4 is 23.5 Å². The SMILES string of the molecule is CC(C)Oc1ccccc1/C=C/c1nc(-c2ccc(F)cc2)cs1. The van der Waals surface area contributed by atoms with Gasteiger partial charge in [0.1, 0.15) is 16.6 Å². The summed E-state index contributed by atoms with van der Waals surface area (Å²) in [6.07, 6.45) is 4.11. The molecule has 0 radical (unpaired) electrons. The number of hydrogen-bond donors (Lipinski definition) is 0. The first kappa shape index (κ1) is 16.4. The predicted octanol–water partition coefficient (Wildman–Crippen LogP) is 5.91. The number of rotatable bonds is 5. The van der Waals surface area contributed by atoms with Gasteiger partial charge in [0.15, 0.2) is 0 Å². The van der Waals surface area contributed by atoms with Crippen molar-refractivity contribution in [2.24, 2.45) is 0 Å². The van der Waals surface area contributed by atoms with Crippen LogP contribution in [-0.2, 0) is 0 Å². The minimum atomic E-state index is -0.240. The first-order chi connectivity index (χ1) is 11.6. The molecule has 2 nitrogen and oxygen atoms in total. The molecule has 3 rings (SSSR count). The van der Waals surface area contributed by atoms with Gasteiger partial charge in [0.25, 0.3) is 0 Å². The highest BCUT2D eigenvalue weighted by atomic mass is 32.1. The van der Waals surface area contributed by atoms with Crippen LogP contribution in [0.4, 0.5) is 4.39 Å². The number of benzene rings is 2. The second kappa shape index (κ2) is 7.41. The molecule has 0 unspecified atom stereocenters. The molecule has 0 aliphatic heterocycles. The summed E-state index contributed by atoms with van der Waals surface area (Å²) < 4.78 is 18.8. The first-order valence-corrected chi connectivity index (χ1v) is 8.65. The maximum atomic E-state index is 13.0. The summed E-state index contributed by atoms with van der Waals surface area (Å²) in [5, 5.41) is 2.87. The average Bonchev–Trinajstić information content (AvgIpc) is 3.03. The lowest BCUT2D eigenvalue weighted by molar-refractivity contribution is 0.242. The molecule has 3 aromatic rings. The maximum Gasteiger partial charge on any atom is 0.126 e. The molecule has 1 aromatic heterocycles. The Hall–Kier alpha value is -2.46. The molecule has 0 aliphatic rings. The van der Waals surface area contributed by atoms with E-state index in [9.17, 15) is 4.39 Å². The number of aromatic nitrogens is 1. The van der Waals surface area contributed by atoms with Gasteiger partial charge in [0.05, 0.1) is 11.8 Å². The Morgan fingerprint density at radius 1 is 1.04 bits per heavy atom. The highest BCUT2D eigenvalue weighted by Crippen LogP contribution is 2.25. The molecule has 0 atom stereocenters. The molecule has 2 aromatic carbocycles. The van der Waals surface area contributed by atoms with Crippen molar-refractivity contribution in [1.29, 1.82) is 0 Å². The van der Waals surface area contributed by atoms with Gasteiger partial charge < -0.3 is 4.74 Å². The van der Waals surface area contributed by atoms with Crippen LogP contribution < -0.4 is 4.74 Å². The van der Waals surface area contributed by atoms with Gasteiger partial charge in [-0.15, -0.1) is 11.3 Å². The van der Waals surface area contributed by atoms with Gasteiger partial charge in [0, 0.05) is 16.5 Å². The molecule has 0 saturated carbocycles. The van der Waals surface area contributed by atoms with Gasteiger partial charge in [-0.05, 0) is 56.3 Å². The molecule has 0 fully saturated rings. The number of para-hydroxylation sites is 1. The Morgan fingerprint density at radius 2 is 1.79 bits per heavy atom. The Bertz CT molecular complexity index is 837. The zero-order valence-electron chi connectivity index (χ0n) is 13.6. The van der Waals surface area contributed by atoms with E-state index in [1.807, 2.05) is 55.6 Å². The van der Waals surface area contributed by atoms with E-state index < -0.39 is 0 Å². The summed E-state index contributed by atoms with van der Waals surface area (Å²) in [6, 6.07) is 14.3. The van der Waals surface area contributed by atoms with Crippen molar-refractivity contribution in [3.63, 3.8) is 0 Å². The maximum absolute atomic E-state index is 13.0. The van der Waals surface area contributed by atoms with Gasteiger partial charge in [-0.3, -0.25) is 0 Å². The number of hydrogen-bond acceptors (Lipinski definition) is 3. The highest BCUT2D eigenvalue weighted by molar-refractivity contribution is 7.10. The van der Waals surface area contributed by atoms with Crippen LogP contribution in [0.15, 0.2) is 53.9 Å². The van der Waals surface area contributed by atoms with Crippen LogP contribution in [0.5, 0.6) is 5.75 Å². The van der Waals surface area contributed by atoms with E-state index in [1.54, 1.807) is 23.5 Å². The van der Waals surface area contributed by atoms with Crippen LogP contribution in [-0.4, -0.2) is 11.1 Å².